The summed E-state index contributed by atoms with van der Waals surface area (Å²) in [6.07, 6.45) is 2.22. The van der Waals surface area contributed by atoms with Crippen LogP contribution in [0.2, 0.25) is 0 Å². The van der Waals surface area contributed by atoms with Crippen LogP contribution >= 0.6 is 11.8 Å². The summed E-state index contributed by atoms with van der Waals surface area (Å²) in [5.74, 6) is 1.04. The van der Waals surface area contributed by atoms with Crippen molar-refractivity contribution in [1.29, 1.82) is 0 Å². The van der Waals surface area contributed by atoms with Crippen LogP contribution in [0.15, 0.2) is 0 Å². The number of nitrogens with one attached hydrogen (secondary N) is 2. The zero-order valence-corrected chi connectivity index (χ0v) is 11.4. The van der Waals surface area contributed by atoms with Gasteiger partial charge in [0.2, 0.25) is 11.8 Å². The van der Waals surface area contributed by atoms with Crippen molar-refractivity contribution < 1.29 is 14.4 Å². The lowest BCUT2D eigenvalue weighted by atomic mass is 9.85. The van der Waals surface area contributed by atoms with E-state index >= 15 is 0 Å². The van der Waals surface area contributed by atoms with Gasteiger partial charge in [0.25, 0.3) is 5.24 Å². The average molecular weight is 283 g/mol. The molecule has 0 aliphatic carbocycles. The van der Waals surface area contributed by atoms with E-state index in [4.69, 9.17) is 0 Å². The van der Waals surface area contributed by atoms with Crippen LogP contribution in [0.5, 0.6) is 0 Å². The topological polar surface area (TPSA) is 78.5 Å². The highest BCUT2D eigenvalue weighted by molar-refractivity contribution is 8.14. The van der Waals surface area contributed by atoms with Crippen molar-refractivity contribution >= 4 is 28.8 Å². The maximum absolute atomic E-state index is 12.3. The predicted octanol–water partition coefficient (Wildman–Crippen LogP) is -0.0615. The smallest absolute Gasteiger partial charge is 0.279 e. The van der Waals surface area contributed by atoms with Gasteiger partial charge in [-0.2, -0.15) is 0 Å². The number of hydrogen-bond acceptors (Lipinski definition) is 4. The SMILES string of the molecule is O=C1CCC2CN(C(=O)C3CSC(=O)N3)CCC2N1. The van der Waals surface area contributed by atoms with Gasteiger partial charge in [-0.05, 0) is 18.8 Å². The fraction of sp³-hybridized carbons (Fsp3) is 0.750. The Kier molecular flexibility index (Phi) is 3.38. The summed E-state index contributed by atoms with van der Waals surface area (Å²) in [5, 5.41) is 5.58. The third-order valence-electron chi connectivity index (χ3n) is 4.11. The van der Waals surface area contributed by atoms with Crippen LogP contribution in [-0.4, -0.2) is 52.9 Å². The minimum absolute atomic E-state index is 0.0219. The second-order valence-corrected chi connectivity index (χ2v) is 6.33. The van der Waals surface area contributed by atoms with E-state index in [0.29, 0.717) is 31.2 Å². The highest BCUT2D eigenvalue weighted by atomic mass is 32.2. The maximum Gasteiger partial charge on any atom is 0.279 e. The summed E-state index contributed by atoms with van der Waals surface area (Å²) in [5.41, 5.74) is 0. The largest absolute Gasteiger partial charge is 0.353 e. The van der Waals surface area contributed by atoms with Crippen LogP contribution in [0.1, 0.15) is 19.3 Å². The molecule has 3 fully saturated rings. The van der Waals surface area contributed by atoms with Gasteiger partial charge in [0.15, 0.2) is 0 Å². The molecule has 3 saturated heterocycles. The molecule has 0 aromatic rings. The normalized spacial score (nSPS) is 34.5. The highest BCUT2D eigenvalue weighted by Gasteiger charge is 2.38. The van der Waals surface area contributed by atoms with E-state index < -0.39 is 0 Å². The predicted molar refractivity (Wildman–Crippen MR) is 70.6 cm³/mol. The molecule has 3 heterocycles. The monoisotopic (exact) mass is 283 g/mol. The molecule has 7 heteroatoms. The minimum atomic E-state index is -0.368. The summed E-state index contributed by atoms with van der Waals surface area (Å²) in [4.78, 5) is 36.6. The van der Waals surface area contributed by atoms with Crippen LogP contribution in [0, 0.1) is 5.92 Å². The van der Waals surface area contributed by atoms with Crippen molar-refractivity contribution in [3.05, 3.63) is 0 Å². The van der Waals surface area contributed by atoms with Crippen molar-refractivity contribution in [2.75, 3.05) is 18.8 Å². The van der Waals surface area contributed by atoms with Crippen LogP contribution in [0.25, 0.3) is 0 Å². The standard InChI is InChI=1S/C12H17N3O3S/c16-10-2-1-7-5-15(4-3-8(7)13-10)11(17)9-6-19-12(18)14-9/h7-9H,1-6H2,(H,13,16)(H,14,18). The Balaban J connectivity index is 1.60. The van der Waals surface area contributed by atoms with Crippen LogP contribution in [-0.2, 0) is 9.59 Å². The maximum atomic E-state index is 12.3. The van der Waals surface area contributed by atoms with Gasteiger partial charge in [-0.15, -0.1) is 0 Å². The van der Waals surface area contributed by atoms with E-state index in [1.807, 2.05) is 4.90 Å². The van der Waals surface area contributed by atoms with E-state index in [2.05, 4.69) is 10.6 Å². The lowest BCUT2D eigenvalue weighted by Crippen LogP contribution is -2.57. The van der Waals surface area contributed by atoms with E-state index in [9.17, 15) is 14.4 Å². The lowest BCUT2D eigenvalue weighted by molar-refractivity contribution is -0.136. The Bertz CT molecular complexity index is 428. The van der Waals surface area contributed by atoms with Gasteiger partial charge in [0, 0.05) is 31.3 Å². The average Bonchev–Trinajstić information content (AvgIpc) is 2.84. The third-order valence-corrected chi connectivity index (χ3v) is 4.99. The Morgan fingerprint density at radius 3 is 2.84 bits per heavy atom. The molecular weight excluding hydrogens is 266 g/mol. The molecule has 0 saturated carbocycles. The van der Waals surface area contributed by atoms with Crippen molar-refractivity contribution in [2.45, 2.75) is 31.3 Å². The van der Waals surface area contributed by atoms with Gasteiger partial charge in [-0.1, -0.05) is 11.8 Å². The second kappa shape index (κ2) is 5.03. The highest BCUT2D eigenvalue weighted by Crippen LogP contribution is 2.26. The van der Waals surface area contributed by atoms with Crippen molar-refractivity contribution in [3.8, 4) is 0 Å². The van der Waals surface area contributed by atoms with Crippen molar-refractivity contribution in [3.63, 3.8) is 0 Å². The number of thioether (sulfide) groups is 1. The molecule has 3 aliphatic rings. The van der Waals surface area contributed by atoms with Gasteiger partial charge in [-0.25, -0.2) is 0 Å². The number of piperidine rings is 2. The molecule has 0 bridgehead atoms. The number of rotatable bonds is 1. The number of likely N-dealkylation sites (tertiary alicyclic amines) is 1. The number of nitrogens with zero attached hydrogens (tertiary/aromatic N) is 1. The number of fused-ring (bicyclic) bond motifs is 1. The fourth-order valence-electron chi connectivity index (χ4n) is 3.05. The van der Waals surface area contributed by atoms with Gasteiger partial charge in [-0.3, -0.25) is 14.4 Å². The fourth-order valence-corrected chi connectivity index (χ4v) is 3.82. The summed E-state index contributed by atoms with van der Waals surface area (Å²) in [6, 6.07) is -0.148. The minimum Gasteiger partial charge on any atom is -0.353 e. The second-order valence-electron chi connectivity index (χ2n) is 5.34. The molecule has 0 spiro atoms. The number of hydrogen-bond donors (Lipinski definition) is 2. The van der Waals surface area contributed by atoms with E-state index in [1.54, 1.807) is 0 Å². The number of amides is 3. The molecular formula is C12H17N3O3S. The molecule has 104 valence electrons. The number of carbonyl (C=O) groups is 3. The van der Waals surface area contributed by atoms with E-state index in [0.717, 1.165) is 12.8 Å². The molecule has 3 atom stereocenters. The lowest BCUT2D eigenvalue weighted by Gasteiger charge is -2.42. The van der Waals surface area contributed by atoms with Crippen LogP contribution < -0.4 is 10.6 Å². The van der Waals surface area contributed by atoms with Gasteiger partial charge in [0.1, 0.15) is 6.04 Å². The molecule has 3 rings (SSSR count). The third kappa shape index (κ3) is 2.56. The van der Waals surface area contributed by atoms with Gasteiger partial charge < -0.3 is 15.5 Å². The Morgan fingerprint density at radius 1 is 1.26 bits per heavy atom. The molecule has 19 heavy (non-hydrogen) atoms. The number of carbonyl (C=O) groups excluding carboxylic acids is 3. The summed E-state index contributed by atoms with van der Waals surface area (Å²) >= 11 is 1.17. The Hall–Kier alpha value is -1.24. The molecule has 3 aliphatic heterocycles. The van der Waals surface area contributed by atoms with E-state index in [-0.39, 0.29) is 29.1 Å². The molecule has 2 N–H and O–H groups in total. The summed E-state index contributed by atoms with van der Waals surface area (Å²) in [6.45, 7) is 1.36. The molecule has 6 nitrogen and oxygen atoms in total. The first-order valence-electron chi connectivity index (χ1n) is 6.65. The summed E-state index contributed by atoms with van der Waals surface area (Å²) in [7, 11) is 0. The zero-order chi connectivity index (χ0) is 13.4. The first-order chi connectivity index (χ1) is 9.13. The Morgan fingerprint density at radius 2 is 2.11 bits per heavy atom. The van der Waals surface area contributed by atoms with E-state index in [1.165, 1.54) is 11.8 Å². The first-order valence-corrected chi connectivity index (χ1v) is 7.63. The molecule has 0 aromatic carbocycles. The zero-order valence-electron chi connectivity index (χ0n) is 10.6. The first kappa shape index (κ1) is 12.8. The van der Waals surface area contributed by atoms with Crippen molar-refractivity contribution in [2.24, 2.45) is 5.92 Å². The van der Waals surface area contributed by atoms with Crippen molar-refractivity contribution in [1.82, 2.24) is 15.5 Å². The molecule has 0 radical (unpaired) electrons. The molecule has 0 aromatic heterocycles. The Labute approximate surface area is 115 Å². The molecule has 3 amide bonds. The van der Waals surface area contributed by atoms with Crippen LogP contribution in [0.4, 0.5) is 4.79 Å². The molecule has 3 unspecified atom stereocenters. The van der Waals surface area contributed by atoms with Crippen LogP contribution in [0.3, 0.4) is 0 Å². The quantitative estimate of drug-likeness (QED) is 0.706. The summed E-state index contributed by atoms with van der Waals surface area (Å²) < 4.78 is 0. The van der Waals surface area contributed by atoms with Gasteiger partial charge >= 0.3 is 0 Å². The van der Waals surface area contributed by atoms with Gasteiger partial charge in [0.05, 0.1) is 0 Å².